The van der Waals surface area contributed by atoms with Crippen molar-refractivity contribution in [3.8, 4) is 0 Å². The van der Waals surface area contributed by atoms with Crippen LogP contribution in [0.2, 0.25) is 5.15 Å². The summed E-state index contributed by atoms with van der Waals surface area (Å²) in [5, 5.41) is 18.1. The number of nitrogens with one attached hydrogen (secondary N) is 2. The van der Waals surface area contributed by atoms with Crippen molar-refractivity contribution in [3.05, 3.63) is 64.4 Å². The molecule has 0 radical (unpaired) electrons. The summed E-state index contributed by atoms with van der Waals surface area (Å²) in [5.41, 5.74) is 2.46. The highest BCUT2D eigenvalue weighted by molar-refractivity contribution is 14.0. The summed E-state index contributed by atoms with van der Waals surface area (Å²) in [7, 11) is 0. The van der Waals surface area contributed by atoms with Gasteiger partial charge in [-0.3, -0.25) is 0 Å². The molecule has 1 aromatic carbocycles. The van der Waals surface area contributed by atoms with Crippen LogP contribution in [0.4, 0.5) is 0 Å². The summed E-state index contributed by atoms with van der Waals surface area (Å²) in [6.45, 7) is 3.87. The Bertz CT molecular complexity index is 769. The lowest BCUT2D eigenvalue weighted by atomic mass is 9.96. The highest BCUT2D eigenvalue weighted by atomic mass is 127. The molecule has 0 spiro atoms. The van der Waals surface area contributed by atoms with Crippen LogP contribution in [-0.4, -0.2) is 35.7 Å². The van der Waals surface area contributed by atoms with Crippen molar-refractivity contribution in [1.82, 2.24) is 15.6 Å². The fourth-order valence-corrected chi connectivity index (χ4v) is 3.38. The Morgan fingerprint density at radius 2 is 2.07 bits per heavy atom. The third-order valence-corrected chi connectivity index (χ3v) is 4.89. The summed E-state index contributed by atoms with van der Waals surface area (Å²) in [6.07, 6.45) is 4.22. The molecule has 1 aliphatic rings. The third-order valence-electron chi connectivity index (χ3n) is 4.66. The summed E-state index contributed by atoms with van der Waals surface area (Å²) in [4.78, 5) is 8.71. The maximum Gasteiger partial charge on any atom is 0.191 e. The van der Waals surface area contributed by atoms with Gasteiger partial charge in [0.1, 0.15) is 10.8 Å². The quantitative estimate of drug-likeness (QED) is 0.246. The van der Waals surface area contributed by atoms with Crippen LogP contribution in [0.15, 0.2) is 47.6 Å². The van der Waals surface area contributed by atoms with E-state index in [-0.39, 0.29) is 24.0 Å². The molecule has 2 aromatic rings. The smallest absolute Gasteiger partial charge is 0.191 e. The van der Waals surface area contributed by atoms with Gasteiger partial charge in [-0.2, -0.15) is 0 Å². The van der Waals surface area contributed by atoms with Crippen molar-refractivity contribution < 1.29 is 5.11 Å². The number of aliphatic hydroxyl groups is 1. The van der Waals surface area contributed by atoms with Crippen LogP contribution in [0.1, 0.15) is 30.0 Å². The second kappa shape index (κ2) is 10.2. The van der Waals surface area contributed by atoms with Gasteiger partial charge < -0.3 is 15.7 Å². The number of halogens is 2. The normalized spacial score (nSPS) is 18.6. The number of aliphatic imine (C=N–C) groups is 1. The Kier molecular flexibility index (Phi) is 8.31. The zero-order chi connectivity index (χ0) is 18.4. The standard InChI is InChI=1S/C20H25ClN4O.HI/c1-2-22-19(23-12-10-15-7-8-18(21)24-13-15)25-14-20(26)11-9-16-5-3-4-6-17(16)20;/h3-8,13,26H,2,9-12,14H2,1H3,(H2,22,23,25);1H. The van der Waals surface area contributed by atoms with Gasteiger partial charge in [0.25, 0.3) is 0 Å². The number of fused-ring (bicyclic) bond motifs is 1. The molecule has 0 saturated heterocycles. The maximum absolute atomic E-state index is 11.0. The highest BCUT2D eigenvalue weighted by Gasteiger charge is 2.36. The van der Waals surface area contributed by atoms with Crippen LogP contribution in [0.25, 0.3) is 0 Å². The molecule has 0 amide bonds. The molecule has 7 heteroatoms. The number of benzene rings is 1. The van der Waals surface area contributed by atoms with Crippen LogP contribution < -0.4 is 10.6 Å². The number of nitrogens with zero attached hydrogens (tertiary/aromatic N) is 2. The van der Waals surface area contributed by atoms with E-state index in [4.69, 9.17) is 11.6 Å². The predicted molar refractivity (Wildman–Crippen MR) is 121 cm³/mol. The van der Waals surface area contributed by atoms with Crippen molar-refractivity contribution in [3.63, 3.8) is 0 Å². The SMILES string of the molecule is CCNC(=NCC1(O)CCc2ccccc21)NCCc1ccc(Cl)nc1.I. The number of guanidine groups is 1. The molecule has 1 atom stereocenters. The van der Waals surface area contributed by atoms with Gasteiger partial charge >= 0.3 is 0 Å². The van der Waals surface area contributed by atoms with Gasteiger partial charge in [-0.05, 0) is 48.9 Å². The minimum absolute atomic E-state index is 0. The van der Waals surface area contributed by atoms with E-state index in [1.165, 1.54) is 5.56 Å². The molecule has 146 valence electrons. The zero-order valence-corrected chi connectivity index (χ0v) is 18.5. The monoisotopic (exact) mass is 500 g/mol. The summed E-state index contributed by atoms with van der Waals surface area (Å²) < 4.78 is 0. The molecule has 3 rings (SSSR count). The first-order valence-corrected chi connectivity index (χ1v) is 9.42. The molecule has 0 fully saturated rings. The minimum atomic E-state index is -0.876. The fourth-order valence-electron chi connectivity index (χ4n) is 3.26. The van der Waals surface area contributed by atoms with E-state index in [1.807, 2.05) is 31.2 Å². The molecule has 5 nitrogen and oxygen atoms in total. The van der Waals surface area contributed by atoms with E-state index >= 15 is 0 Å². The van der Waals surface area contributed by atoms with E-state index in [0.717, 1.165) is 37.1 Å². The lowest BCUT2D eigenvalue weighted by Gasteiger charge is -2.22. The summed E-state index contributed by atoms with van der Waals surface area (Å²) in [5.74, 6) is 0.715. The molecule has 1 heterocycles. The number of pyridine rings is 1. The van der Waals surface area contributed by atoms with Gasteiger partial charge in [0.05, 0.1) is 6.54 Å². The average Bonchev–Trinajstić information content (AvgIpc) is 2.99. The number of aryl methyl sites for hydroxylation is 1. The molecule has 1 aromatic heterocycles. The molecule has 0 aliphatic heterocycles. The first-order chi connectivity index (χ1) is 12.6. The van der Waals surface area contributed by atoms with Gasteiger partial charge in [-0.15, -0.1) is 24.0 Å². The average molecular weight is 501 g/mol. The molecular formula is C20H26ClIN4O. The molecule has 1 aliphatic carbocycles. The molecule has 1 unspecified atom stereocenters. The van der Waals surface area contributed by atoms with Gasteiger partial charge in [0, 0.05) is 19.3 Å². The Morgan fingerprint density at radius 3 is 2.81 bits per heavy atom. The minimum Gasteiger partial charge on any atom is -0.383 e. The Balaban J connectivity index is 0.00000261. The van der Waals surface area contributed by atoms with Gasteiger partial charge in [-0.25, -0.2) is 9.98 Å². The second-order valence-corrected chi connectivity index (χ2v) is 6.94. The van der Waals surface area contributed by atoms with Crippen molar-refractivity contribution >= 4 is 41.5 Å². The van der Waals surface area contributed by atoms with Crippen molar-refractivity contribution in [2.24, 2.45) is 4.99 Å². The lowest BCUT2D eigenvalue weighted by molar-refractivity contribution is 0.0485. The van der Waals surface area contributed by atoms with Crippen LogP contribution in [0.5, 0.6) is 0 Å². The fraction of sp³-hybridized carbons (Fsp3) is 0.400. The van der Waals surface area contributed by atoms with Crippen molar-refractivity contribution in [2.45, 2.75) is 31.8 Å². The van der Waals surface area contributed by atoms with E-state index in [0.29, 0.717) is 24.1 Å². The van der Waals surface area contributed by atoms with Gasteiger partial charge in [-0.1, -0.05) is 41.9 Å². The van der Waals surface area contributed by atoms with Gasteiger partial charge in [0.15, 0.2) is 5.96 Å². The number of aromatic nitrogens is 1. The van der Waals surface area contributed by atoms with Crippen LogP contribution in [0, 0.1) is 0 Å². The molecular weight excluding hydrogens is 475 g/mol. The van der Waals surface area contributed by atoms with Crippen LogP contribution in [-0.2, 0) is 18.4 Å². The Hall–Kier alpha value is -1.38. The number of rotatable bonds is 6. The van der Waals surface area contributed by atoms with E-state index in [9.17, 15) is 5.11 Å². The molecule has 0 saturated carbocycles. The summed E-state index contributed by atoms with van der Waals surface area (Å²) >= 11 is 5.81. The third kappa shape index (κ3) is 5.80. The van der Waals surface area contributed by atoms with E-state index in [2.05, 4.69) is 26.7 Å². The number of hydrogen-bond donors (Lipinski definition) is 3. The molecule has 3 N–H and O–H groups in total. The zero-order valence-electron chi connectivity index (χ0n) is 15.4. The molecule has 27 heavy (non-hydrogen) atoms. The topological polar surface area (TPSA) is 69.5 Å². The van der Waals surface area contributed by atoms with Crippen molar-refractivity contribution in [2.75, 3.05) is 19.6 Å². The Labute approximate surface area is 182 Å². The largest absolute Gasteiger partial charge is 0.383 e. The maximum atomic E-state index is 11.0. The first-order valence-electron chi connectivity index (χ1n) is 9.04. The predicted octanol–water partition coefficient (Wildman–Crippen LogP) is 3.28. The number of hydrogen-bond acceptors (Lipinski definition) is 3. The Morgan fingerprint density at radius 1 is 1.26 bits per heavy atom. The second-order valence-electron chi connectivity index (χ2n) is 6.55. The summed E-state index contributed by atoms with van der Waals surface area (Å²) in [6, 6.07) is 11.8. The first kappa shape index (κ1) is 21.9. The van der Waals surface area contributed by atoms with Crippen LogP contribution >= 0.6 is 35.6 Å². The van der Waals surface area contributed by atoms with Crippen LogP contribution in [0.3, 0.4) is 0 Å². The molecule has 0 bridgehead atoms. The van der Waals surface area contributed by atoms with Crippen molar-refractivity contribution in [1.29, 1.82) is 0 Å². The van der Waals surface area contributed by atoms with Gasteiger partial charge in [0.2, 0.25) is 0 Å². The van der Waals surface area contributed by atoms with E-state index < -0.39 is 5.60 Å². The lowest BCUT2D eigenvalue weighted by Crippen LogP contribution is -2.39. The highest BCUT2D eigenvalue weighted by Crippen LogP contribution is 2.36. The van der Waals surface area contributed by atoms with E-state index in [1.54, 1.807) is 12.3 Å².